The van der Waals surface area contributed by atoms with Gasteiger partial charge in [0.15, 0.2) is 6.29 Å². The summed E-state index contributed by atoms with van der Waals surface area (Å²) < 4.78 is 35.2. The zero-order chi connectivity index (χ0) is 26.8. The van der Waals surface area contributed by atoms with Crippen molar-refractivity contribution in [3.63, 3.8) is 0 Å². The molecule has 2 bridgehead atoms. The molecule has 4 saturated heterocycles. The number of benzene rings is 1. The second-order valence-electron chi connectivity index (χ2n) is 11.3. The van der Waals surface area contributed by atoms with Gasteiger partial charge in [0.1, 0.15) is 53.4 Å². The normalized spacial score (nSPS) is 43.6. The van der Waals surface area contributed by atoms with Crippen LogP contribution < -0.4 is 4.74 Å². The summed E-state index contributed by atoms with van der Waals surface area (Å²) in [7, 11) is 1.56. The molecule has 6 aliphatic rings. The fraction of sp³-hybridized carbons (Fsp3) is 0.654. The topological polar surface area (TPSA) is 272 Å². The van der Waals surface area contributed by atoms with E-state index in [-0.39, 0.29) is 29.5 Å². The molecule has 11 N–H and O–H groups in total. The lowest BCUT2D eigenvalue weighted by atomic mass is 9.45. The summed E-state index contributed by atoms with van der Waals surface area (Å²) in [5.41, 5.74) is -0.0832. The molecular weight excluding hydrogens is 552 g/mol. The second-order valence-corrected chi connectivity index (χ2v) is 11.3. The molecule has 1 saturated carbocycles. The van der Waals surface area contributed by atoms with Crippen molar-refractivity contribution in [1.29, 1.82) is 0 Å². The Labute approximate surface area is 233 Å². The molecule has 4 aliphatic heterocycles. The molecule has 5 heterocycles. The largest absolute Gasteiger partial charge is 0.496 e. The molecule has 5 fully saturated rings. The molecule has 8 rings (SSSR count). The van der Waals surface area contributed by atoms with Gasteiger partial charge in [-0.15, -0.1) is 0 Å². The zero-order valence-electron chi connectivity index (χ0n) is 22.3. The van der Waals surface area contributed by atoms with Crippen LogP contribution >= 0.6 is 0 Å². The predicted molar refractivity (Wildman–Crippen MR) is 135 cm³/mol. The Bertz CT molecular complexity index is 1310. The number of carbonyl (C=O) groups is 1. The third kappa shape index (κ3) is 3.63. The Morgan fingerprint density at radius 1 is 1.12 bits per heavy atom. The van der Waals surface area contributed by atoms with Crippen molar-refractivity contribution >= 4 is 16.9 Å². The first-order valence-electron chi connectivity index (χ1n) is 12.7. The van der Waals surface area contributed by atoms with E-state index >= 15 is 0 Å². The van der Waals surface area contributed by atoms with Gasteiger partial charge in [0, 0.05) is 23.3 Å². The fourth-order valence-corrected chi connectivity index (χ4v) is 7.83. The molecule has 2 aliphatic carbocycles. The highest BCUT2D eigenvalue weighted by molar-refractivity contribution is 5.90. The molecule has 41 heavy (non-hydrogen) atoms. The number of ether oxygens (including phenoxy) is 5. The predicted octanol–water partition coefficient (Wildman–Crippen LogP) is -3.38. The molecule has 0 unspecified atom stereocenters. The van der Waals surface area contributed by atoms with Crippen LogP contribution in [0.25, 0.3) is 11.0 Å². The fourth-order valence-electron chi connectivity index (χ4n) is 7.83. The number of aliphatic hydroxyl groups excluding tert-OH is 4. The highest BCUT2D eigenvalue weighted by Crippen LogP contribution is 2.69. The number of esters is 1. The van der Waals surface area contributed by atoms with Gasteiger partial charge >= 0.3 is 5.97 Å². The summed E-state index contributed by atoms with van der Waals surface area (Å²) in [6.07, 6.45) is -7.29. The van der Waals surface area contributed by atoms with Crippen molar-refractivity contribution in [2.45, 2.75) is 73.9 Å². The van der Waals surface area contributed by atoms with Crippen molar-refractivity contribution in [3.8, 4) is 5.75 Å². The molecule has 2 aromatic rings. The number of furan rings is 1. The molecule has 15 heteroatoms. The van der Waals surface area contributed by atoms with Gasteiger partial charge in [-0.2, -0.15) is 0 Å². The maximum Gasteiger partial charge on any atom is 0.318 e. The number of hydrogen-bond donors (Lipinski definition) is 5. The molecule has 11 atom stereocenters. The van der Waals surface area contributed by atoms with Gasteiger partial charge in [0.25, 0.3) is 0 Å². The van der Waals surface area contributed by atoms with Crippen LogP contribution in [0.15, 0.2) is 22.8 Å². The number of hydrogen-bond acceptors (Lipinski definition) is 12. The lowest BCUT2D eigenvalue weighted by Crippen LogP contribution is -2.78. The summed E-state index contributed by atoms with van der Waals surface area (Å²) in [5, 5.41) is 53.4. The quantitative estimate of drug-likeness (QED) is 0.219. The summed E-state index contributed by atoms with van der Waals surface area (Å²) in [4.78, 5) is 13.5. The van der Waals surface area contributed by atoms with Crippen molar-refractivity contribution in [2.24, 2.45) is 11.3 Å². The van der Waals surface area contributed by atoms with E-state index in [1.807, 2.05) is 12.1 Å². The summed E-state index contributed by atoms with van der Waals surface area (Å²) >= 11 is 0. The van der Waals surface area contributed by atoms with Gasteiger partial charge in [-0.3, -0.25) is 4.79 Å². The van der Waals surface area contributed by atoms with Gasteiger partial charge < -0.3 is 70.1 Å². The van der Waals surface area contributed by atoms with Crippen LogP contribution in [0.4, 0.5) is 0 Å². The SMILES string of the molecule is COc1cc2c(c3occc13)C[C@H]1OC(=O)[C@]3(C)[C@H]1[C@@]21CO[C@@]3(O)[C@@H](O[C@@H]2O[C@H](CO)[C@@H](O)[C@H](O)[C@H]2O)C1.O.O.O. The van der Waals surface area contributed by atoms with E-state index in [4.69, 9.17) is 28.1 Å². The van der Waals surface area contributed by atoms with Crippen LogP contribution in [0, 0.1) is 11.3 Å². The van der Waals surface area contributed by atoms with E-state index in [9.17, 15) is 30.3 Å². The number of rotatable bonds is 4. The molecule has 1 aromatic heterocycles. The molecular formula is C26H36O15. The minimum absolute atomic E-state index is 0. The summed E-state index contributed by atoms with van der Waals surface area (Å²) in [6.45, 7) is 1.03. The molecule has 15 nitrogen and oxygen atoms in total. The van der Waals surface area contributed by atoms with Crippen molar-refractivity contribution in [2.75, 3.05) is 20.3 Å². The maximum atomic E-state index is 13.5. The Morgan fingerprint density at radius 2 is 1.85 bits per heavy atom. The smallest absolute Gasteiger partial charge is 0.318 e. The second kappa shape index (κ2) is 10.1. The molecule has 1 spiro atoms. The summed E-state index contributed by atoms with van der Waals surface area (Å²) in [5.74, 6) is -2.64. The Kier molecular flexibility index (Phi) is 7.77. The first-order chi connectivity index (χ1) is 18.1. The minimum atomic E-state index is -2.14. The van der Waals surface area contributed by atoms with E-state index in [1.54, 1.807) is 20.3 Å². The Morgan fingerprint density at radius 3 is 2.54 bits per heavy atom. The van der Waals surface area contributed by atoms with Crippen molar-refractivity contribution in [3.05, 3.63) is 29.5 Å². The number of aliphatic hydroxyl groups is 5. The average molecular weight is 589 g/mol. The first-order valence-corrected chi connectivity index (χ1v) is 12.7. The molecule has 0 amide bonds. The van der Waals surface area contributed by atoms with Crippen LogP contribution in [0.3, 0.4) is 0 Å². The number of carbonyl (C=O) groups excluding carboxylic acids is 1. The van der Waals surface area contributed by atoms with Gasteiger partial charge in [-0.1, -0.05) is 0 Å². The van der Waals surface area contributed by atoms with E-state index < -0.39 is 78.0 Å². The zero-order valence-corrected chi connectivity index (χ0v) is 22.3. The summed E-state index contributed by atoms with van der Waals surface area (Å²) in [6, 6.07) is 3.72. The third-order valence-corrected chi connectivity index (χ3v) is 9.67. The minimum Gasteiger partial charge on any atom is -0.496 e. The van der Waals surface area contributed by atoms with Crippen molar-refractivity contribution < 1.29 is 74.9 Å². The van der Waals surface area contributed by atoms with Gasteiger partial charge in [0.2, 0.25) is 5.79 Å². The average Bonchev–Trinajstić information content (AvgIpc) is 3.50. The number of methoxy groups -OCH3 is 1. The van der Waals surface area contributed by atoms with Crippen LogP contribution in [0.1, 0.15) is 24.5 Å². The van der Waals surface area contributed by atoms with Crippen LogP contribution in [-0.2, 0) is 35.6 Å². The molecule has 230 valence electrons. The van der Waals surface area contributed by atoms with E-state index in [0.717, 1.165) is 16.5 Å². The van der Waals surface area contributed by atoms with Gasteiger partial charge in [-0.25, -0.2) is 0 Å². The van der Waals surface area contributed by atoms with Crippen LogP contribution in [-0.4, -0.2) is 117 Å². The van der Waals surface area contributed by atoms with Gasteiger partial charge in [-0.05, 0) is 31.0 Å². The van der Waals surface area contributed by atoms with E-state index in [0.29, 0.717) is 17.8 Å². The molecule has 0 radical (unpaired) electrons. The number of fused-ring (bicyclic) bond motifs is 5. The monoisotopic (exact) mass is 588 g/mol. The third-order valence-electron chi connectivity index (χ3n) is 9.67. The maximum absolute atomic E-state index is 13.5. The highest BCUT2D eigenvalue weighted by Gasteiger charge is 2.81. The van der Waals surface area contributed by atoms with E-state index in [1.165, 1.54) is 0 Å². The molecule has 1 aromatic carbocycles. The van der Waals surface area contributed by atoms with Gasteiger partial charge in [0.05, 0.1) is 32.0 Å². The first kappa shape index (κ1) is 31.5. The van der Waals surface area contributed by atoms with Crippen LogP contribution in [0.2, 0.25) is 0 Å². The highest BCUT2D eigenvalue weighted by atomic mass is 16.7. The Balaban J connectivity index is 0.00000129. The van der Waals surface area contributed by atoms with Crippen LogP contribution in [0.5, 0.6) is 5.75 Å². The standard InChI is InChI=1S/C26H30O12.3H2O/c1-24-21-14(37-23(24)31)5-11-12(6-13(33-2)10-3-4-34-20(10)11)25(21)7-16(26(24,32)35-9-25)38-22-19(30)18(29)17(28)15(8-27)36-22;;;/h3-4,6,14-19,21-22,27-30,32H,5,7-9H2,1-2H3;3*1H2/t14-,15-,16+,17-,18+,19-,21+,22+,24+,25+,26+;;;/m1.../s1. The van der Waals surface area contributed by atoms with E-state index in [2.05, 4.69) is 0 Å². The lowest BCUT2D eigenvalue weighted by Gasteiger charge is -2.65. The lowest BCUT2D eigenvalue weighted by molar-refractivity contribution is -0.415. The van der Waals surface area contributed by atoms with Crippen molar-refractivity contribution in [1.82, 2.24) is 0 Å². The Hall–Kier alpha value is -2.41.